The number of hydrogen-bond acceptors (Lipinski definition) is 4. The number of nitrogens with one attached hydrogen (secondary N) is 2. The number of hydrogen-bond donors (Lipinski definition) is 3. The smallest absolute Gasteiger partial charge is 0.231 e. The van der Waals surface area contributed by atoms with Crippen LogP contribution < -0.4 is 15.4 Å². The van der Waals surface area contributed by atoms with Gasteiger partial charge in [-0.05, 0) is 62.6 Å². The summed E-state index contributed by atoms with van der Waals surface area (Å²) in [5.41, 5.74) is 3.56. The Balaban J connectivity index is 2.25. The number of anilines is 2. The molecule has 0 radical (unpaired) electrons. The third-order valence-corrected chi connectivity index (χ3v) is 5.11. The van der Waals surface area contributed by atoms with Crippen LogP contribution in [0.25, 0.3) is 0 Å². The van der Waals surface area contributed by atoms with Crippen molar-refractivity contribution in [1.29, 1.82) is 0 Å². The maximum Gasteiger partial charge on any atom is 0.231 e. The summed E-state index contributed by atoms with van der Waals surface area (Å²) in [5.74, 6) is 0.371. The average molecular weight is 449 g/mol. The molecule has 6 heteroatoms. The van der Waals surface area contributed by atoms with Gasteiger partial charge in [0.25, 0.3) is 0 Å². The third kappa shape index (κ3) is 7.10. The van der Waals surface area contributed by atoms with Crippen molar-refractivity contribution in [3.05, 3.63) is 77.9 Å². The summed E-state index contributed by atoms with van der Waals surface area (Å²) in [5, 5.41) is 15.9. The van der Waals surface area contributed by atoms with Gasteiger partial charge in [-0.2, -0.15) is 0 Å². The van der Waals surface area contributed by atoms with Crippen molar-refractivity contribution in [2.45, 2.75) is 41.0 Å². The number of phenolic OH excluding ortho intramolecular Hbond substituents is 1. The van der Waals surface area contributed by atoms with Gasteiger partial charge in [0.05, 0.1) is 11.6 Å². The number of carbonyl (C=O) groups excluding carboxylic acids is 2. The molecule has 33 heavy (non-hydrogen) atoms. The van der Waals surface area contributed by atoms with Gasteiger partial charge in [-0.25, -0.2) is 0 Å². The number of allylic oxidation sites excluding steroid dienone is 4. The minimum absolute atomic E-state index is 0.0480. The van der Waals surface area contributed by atoms with E-state index >= 15 is 0 Å². The van der Waals surface area contributed by atoms with Crippen molar-refractivity contribution < 1.29 is 19.4 Å². The number of benzene rings is 2. The molecule has 2 aromatic carbocycles. The molecule has 6 nitrogen and oxygen atoms in total. The van der Waals surface area contributed by atoms with Crippen LogP contribution in [0.4, 0.5) is 11.4 Å². The first-order valence-corrected chi connectivity index (χ1v) is 10.8. The van der Waals surface area contributed by atoms with Crippen LogP contribution in [0, 0.1) is 19.8 Å². The van der Waals surface area contributed by atoms with Crippen molar-refractivity contribution in [2.75, 3.05) is 10.6 Å². The number of rotatable bonds is 9. The summed E-state index contributed by atoms with van der Waals surface area (Å²) in [4.78, 5) is 24.2. The van der Waals surface area contributed by atoms with Crippen LogP contribution in [-0.2, 0) is 9.59 Å². The topological polar surface area (TPSA) is 87.7 Å². The van der Waals surface area contributed by atoms with Gasteiger partial charge in [-0.1, -0.05) is 43.4 Å². The lowest BCUT2D eigenvalue weighted by molar-refractivity contribution is -0.119. The van der Waals surface area contributed by atoms with Gasteiger partial charge in [0.2, 0.25) is 11.8 Å². The van der Waals surface area contributed by atoms with E-state index in [1.165, 1.54) is 13.0 Å². The number of phenols is 1. The fourth-order valence-corrected chi connectivity index (χ4v) is 3.52. The van der Waals surface area contributed by atoms with Crippen molar-refractivity contribution >= 4 is 23.2 Å². The monoisotopic (exact) mass is 448 g/mol. The zero-order chi connectivity index (χ0) is 24.5. The zero-order valence-electron chi connectivity index (χ0n) is 19.9. The SMILES string of the molecule is C=C/C=C\C=C(/C)C(CC)C(=O)Nc1cc(Oc2c(C)cc(NC(C)=O)cc2C)ccc1O. The summed E-state index contributed by atoms with van der Waals surface area (Å²) >= 11 is 0. The average Bonchev–Trinajstić information content (AvgIpc) is 2.73. The molecule has 0 aliphatic carbocycles. The fourth-order valence-electron chi connectivity index (χ4n) is 3.52. The van der Waals surface area contributed by atoms with Gasteiger partial charge in [-0.3, -0.25) is 9.59 Å². The second kappa shape index (κ2) is 11.7. The van der Waals surface area contributed by atoms with Crippen molar-refractivity contribution in [1.82, 2.24) is 0 Å². The summed E-state index contributed by atoms with van der Waals surface area (Å²) in [7, 11) is 0. The minimum atomic E-state index is -0.339. The predicted molar refractivity (Wildman–Crippen MR) is 134 cm³/mol. The van der Waals surface area contributed by atoms with E-state index in [9.17, 15) is 14.7 Å². The van der Waals surface area contributed by atoms with Gasteiger partial charge in [-0.15, -0.1) is 0 Å². The highest BCUT2D eigenvalue weighted by Crippen LogP contribution is 2.35. The molecule has 0 bridgehead atoms. The molecular formula is C27H32N2O4. The van der Waals surface area contributed by atoms with E-state index in [1.54, 1.807) is 24.3 Å². The number of aryl methyl sites for hydroxylation is 2. The first kappa shape index (κ1) is 25.5. The predicted octanol–water partition coefficient (Wildman–Crippen LogP) is 6.41. The van der Waals surface area contributed by atoms with E-state index in [-0.39, 0.29) is 29.2 Å². The molecule has 0 spiro atoms. The van der Waals surface area contributed by atoms with Gasteiger partial charge >= 0.3 is 0 Å². The van der Waals surface area contributed by atoms with E-state index in [0.29, 0.717) is 23.6 Å². The fraction of sp³-hybridized carbons (Fsp3) is 0.259. The summed E-state index contributed by atoms with van der Waals surface area (Å²) in [6.45, 7) is 12.7. The summed E-state index contributed by atoms with van der Waals surface area (Å²) < 4.78 is 6.07. The Hall–Kier alpha value is -3.80. The van der Waals surface area contributed by atoms with Crippen LogP contribution in [0.5, 0.6) is 17.2 Å². The molecular weight excluding hydrogens is 416 g/mol. The normalized spacial score (nSPS) is 12.3. The van der Waals surface area contributed by atoms with E-state index < -0.39 is 0 Å². The summed E-state index contributed by atoms with van der Waals surface area (Å²) in [6, 6.07) is 8.37. The lowest BCUT2D eigenvalue weighted by atomic mass is 9.96. The largest absolute Gasteiger partial charge is 0.506 e. The molecule has 0 aromatic heterocycles. The molecule has 0 heterocycles. The van der Waals surface area contributed by atoms with Crippen LogP contribution >= 0.6 is 0 Å². The number of aromatic hydroxyl groups is 1. The van der Waals surface area contributed by atoms with Crippen LogP contribution in [0.15, 0.2) is 66.8 Å². The van der Waals surface area contributed by atoms with Crippen LogP contribution in [-0.4, -0.2) is 16.9 Å². The molecule has 3 N–H and O–H groups in total. The lowest BCUT2D eigenvalue weighted by Gasteiger charge is -2.18. The number of amides is 2. The van der Waals surface area contributed by atoms with Crippen molar-refractivity contribution in [2.24, 2.45) is 5.92 Å². The Morgan fingerprint density at radius 3 is 2.33 bits per heavy atom. The quantitative estimate of drug-likeness (QED) is 0.305. The zero-order valence-corrected chi connectivity index (χ0v) is 19.9. The molecule has 1 unspecified atom stereocenters. The first-order valence-electron chi connectivity index (χ1n) is 10.8. The Kier molecular flexibility index (Phi) is 9.04. The molecule has 0 saturated heterocycles. The Bertz CT molecular complexity index is 1080. The highest BCUT2D eigenvalue weighted by atomic mass is 16.5. The maximum absolute atomic E-state index is 12.9. The van der Waals surface area contributed by atoms with Crippen molar-refractivity contribution in [3.63, 3.8) is 0 Å². The molecule has 0 saturated carbocycles. The molecule has 0 aliphatic rings. The van der Waals surface area contributed by atoms with Gasteiger partial charge in [0.15, 0.2) is 0 Å². The van der Waals surface area contributed by atoms with Gasteiger partial charge < -0.3 is 20.5 Å². The van der Waals surface area contributed by atoms with Crippen LogP contribution in [0.1, 0.15) is 38.3 Å². The first-order chi connectivity index (χ1) is 15.7. The Labute approximate surface area is 195 Å². The molecule has 0 fully saturated rings. The Morgan fingerprint density at radius 2 is 1.76 bits per heavy atom. The number of carbonyl (C=O) groups is 2. The van der Waals surface area contributed by atoms with E-state index in [0.717, 1.165) is 16.7 Å². The molecule has 174 valence electrons. The molecule has 0 aliphatic heterocycles. The molecule has 2 aromatic rings. The van der Waals surface area contributed by atoms with Gasteiger partial charge in [0.1, 0.15) is 17.2 Å². The van der Waals surface area contributed by atoms with E-state index in [4.69, 9.17) is 4.74 Å². The maximum atomic E-state index is 12.9. The van der Waals surface area contributed by atoms with Crippen molar-refractivity contribution in [3.8, 4) is 17.2 Å². The second-order valence-electron chi connectivity index (χ2n) is 7.88. The highest BCUT2D eigenvalue weighted by Gasteiger charge is 2.20. The molecule has 2 rings (SSSR count). The minimum Gasteiger partial charge on any atom is -0.506 e. The Morgan fingerprint density at radius 1 is 1.09 bits per heavy atom. The number of ether oxygens (including phenoxy) is 1. The lowest BCUT2D eigenvalue weighted by Crippen LogP contribution is -2.23. The third-order valence-electron chi connectivity index (χ3n) is 5.11. The standard InChI is InChI=1S/C27H32N2O4/c1-7-9-10-11-17(3)23(8-2)27(32)29-24-16-22(12-13-25(24)31)33-26-18(4)14-21(15-19(26)5)28-20(6)30/h7,9-16,23,31H,1,8H2,2-6H3,(H,28,30)(H,29,32)/b10-9-,17-11+. The molecule has 1 atom stereocenters. The van der Waals surface area contributed by atoms with Gasteiger partial charge in [0, 0.05) is 18.7 Å². The highest BCUT2D eigenvalue weighted by molar-refractivity contribution is 5.95. The molecule has 2 amide bonds. The second-order valence-corrected chi connectivity index (χ2v) is 7.88. The van der Waals surface area contributed by atoms with E-state index in [1.807, 2.05) is 52.0 Å². The van der Waals surface area contributed by atoms with E-state index in [2.05, 4.69) is 17.2 Å². The van der Waals surface area contributed by atoms with Crippen LogP contribution in [0.2, 0.25) is 0 Å². The van der Waals surface area contributed by atoms with Crippen LogP contribution in [0.3, 0.4) is 0 Å². The summed E-state index contributed by atoms with van der Waals surface area (Å²) in [6.07, 6.45) is 7.81.